The Morgan fingerprint density at radius 3 is 2.56 bits per heavy atom. The quantitative estimate of drug-likeness (QED) is 0.768. The van der Waals surface area contributed by atoms with E-state index >= 15 is 0 Å². The number of aromatic amines is 1. The van der Waals surface area contributed by atoms with Crippen LogP contribution in [0.1, 0.15) is 22.6 Å². The molecule has 1 aromatic rings. The molecule has 2 heterocycles. The fraction of sp³-hybridized carbons (Fsp3) is 0.500. The molecule has 0 amide bonds. The molecule has 0 aromatic carbocycles. The Labute approximate surface area is 92.1 Å². The predicted octanol–water partition coefficient (Wildman–Crippen LogP) is -0.189. The van der Waals surface area contributed by atoms with Gasteiger partial charge in [0.2, 0.25) is 10.0 Å². The molecule has 0 spiro atoms. The number of nitrogens with zero attached hydrogens (tertiary/aromatic N) is 2. The van der Waals surface area contributed by atoms with E-state index in [1.54, 1.807) is 0 Å². The van der Waals surface area contributed by atoms with Crippen molar-refractivity contribution in [2.24, 2.45) is 0 Å². The second kappa shape index (κ2) is 3.56. The van der Waals surface area contributed by atoms with Crippen LogP contribution in [-0.4, -0.2) is 47.1 Å². The predicted molar refractivity (Wildman–Crippen MR) is 53.7 cm³/mol. The summed E-state index contributed by atoms with van der Waals surface area (Å²) in [6.07, 6.45) is 0.804. The number of sulfonamides is 1. The molecule has 2 N–H and O–H groups in total. The van der Waals surface area contributed by atoms with Crippen molar-refractivity contribution >= 4 is 16.0 Å². The largest absolute Gasteiger partial charge is 0.476 e. The van der Waals surface area contributed by atoms with Gasteiger partial charge in [0.15, 0.2) is 5.69 Å². The van der Waals surface area contributed by atoms with Gasteiger partial charge >= 0.3 is 5.97 Å². The van der Waals surface area contributed by atoms with Gasteiger partial charge < -0.3 is 5.11 Å². The van der Waals surface area contributed by atoms with Crippen LogP contribution in [0.3, 0.4) is 0 Å². The number of aromatic carboxylic acids is 1. The number of carboxylic acids is 1. The number of carbonyl (C=O) groups is 1. The first kappa shape index (κ1) is 11.1. The van der Waals surface area contributed by atoms with Gasteiger partial charge in [0.05, 0.1) is 5.69 Å². The fourth-order valence-corrected chi connectivity index (χ4v) is 3.34. The highest BCUT2D eigenvalue weighted by molar-refractivity contribution is 7.89. The number of hydrogen-bond donors (Lipinski definition) is 2. The highest BCUT2D eigenvalue weighted by Crippen LogP contribution is 2.25. The molecule has 7 nitrogen and oxygen atoms in total. The minimum atomic E-state index is -3.71. The van der Waals surface area contributed by atoms with E-state index < -0.39 is 21.7 Å². The summed E-state index contributed by atoms with van der Waals surface area (Å²) in [5, 5.41) is 14.7. The molecule has 2 rings (SSSR count). The third-order valence-electron chi connectivity index (χ3n) is 2.51. The van der Waals surface area contributed by atoms with Crippen LogP contribution < -0.4 is 0 Å². The zero-order valence-electron chi connectivity index (χ0n) is 8.60. The number of nitrogens with one attached hydrogen (secondary N) is 1. The summed E-state index contributed by atoms with van der Waals surface area (Å²) < 4.78 is 25.3. The summed E-state index contributed by atoms with van der Waals surface area (Å²) in [6.45, 7) is 2.37. The van der Waals surface area contributed by atoms with Crippen molar-refractivity contribution in [2.45, 2.75) is 18.2 Å². The molecule has 0 unspecified atom stereocenters. The summed E-state index contributed by atoms with van der Waals surface area (Å²) in [4.78, 5) is 10.6. The van der Waals surface area contributed by atoms with Gasteiger partial charge in [-0.15, -0.1) is 0 Å². The Hall–Kier alpha value is -1.41. The minimum Gasteiger partial charge on any atom is -0.476 e. The van der Waals surface area contributed by atoms with E-state index in [4.69, 9.17) is 5.11 Å². The van der Waals surface area contributed by atoms with Crippen LogP contribution in [-0.2, 0) is 10.0 Å². The number of hydrogen-bond acceptors (Lipinski definition) is 4. The molecule has 0 saturated carbocycles. The lowest BCUT2D eigenvalue weighted by atomic mass is 10.3. The third-order valence-corrected chi connectivity index (χ3v) is 4.57. The summed E-state index contributed by atoms with van der Waals surface area (Å²) in [6, 6.07) is 0. The lowest BCUT2D eigenvalue weighted by molar-refractivity contribution is 0.0686. The SMILES string of the molecule is Cc1[nH]nc(C(=O)O)c1S(=O)(=O)N1CCC1. The monoisotopic (exact) mass is 245 g/mol. The topological polar surface area (TPSA) is 103 Å². The summed E-state index contributed by atoms with van der Waals surface area (Å²) in [5.74, 6) is -1.34. The van der Waals surface area contributed by atoms with Crippen LogP contribution in [0.15, 0.2) is 4.90 Å². The lowest BCUT2D eigenvalue weighted by Crippen LogP contribution is -2.42. The third kappa shape index (κ3) is 1.50. The molecular formula is C8H11N3O4S. The minimum absolute atomic E-state index is 0.222. The van der Waals surface area contributed by atoms with Gasteiger partial charge in [0, 0.05) is 13.1 Å². The second-order valence-corrected chi connectivity index (χ2v) is 5.46. The number of carboxylic acid groups (broad SMARTS) is 1. The Bertz CT molecular complexity index is 529. The number of aromatic nitrogens is 2. The van der Waals surface area contributed by atoms with Gasteiger partial charge in [0.1, 0.15) is 4.90 Å². The van der Waals surface area contributed by atoms with Gasteiger partial charge in [-0.25, -0.2) is 13.2 Å². The number of H-pyrrole nitrogens is 1. The average Bonchev–Trinajstić information content (AvgIpc) is 2.43. The maximum atomic E-state index is 12.0. The van der Waals surface area contributed by atoms with E-state index in [1.165, 1.54) is 11.2 Å². The molecule has 0 aliphatic carbocycles. The first-order valence-corrected chi connectivity index (χ1v) is 6.17. The molecule has 1 fully saturated rings. The van der Waals surface area contributed by atoms with Crippen molar-refractivity contribution in [2.75, 3.05) is 13.1 Å². The van der Waals surface area contributed by atoms with Gasteiger partial charge in [-0.05, 0) is 13.3 Å². The van der Waals surface area contributed by atoms with Crippen LogP contribution in [0.2, 0.25) is 0 Å². The molecular weight excluding hydrogens is 234 g/mol. The van der Waals surface area contributed by atoms with Crippen LogP contribution in [0.4, 0.5) is 0 Å². The first-order valence-electron chi connectivity index (χ1n) is 4.73. The smallest absolute Gasteiger partial charge is 0.357 e. The Morgan fingerprint density at radius 2 is 2.12 bits per heavy atom. The standard InChI is InChI=1S/C8H11N3O4S/c1-5-7(6(8(12)13)10-9-5)16(14,15)11-3-2-4-11/h2-4H2,1H3,(H,9,10)(H,12,13). The van der Waals surface area contributed by atoms with Gasteiger partial charge in [-0.1, -0.05) is 0 Å². The number of rotatable bonds is 3. The lowest BCUT2D eigenvalue weighted by Gasteiger charge is -2.29. The van der Waals surface area contributed by atoms with E-state index in [-0.39, 0.29) is 10.6 Å². The van der Waals surface area contributed by atoms with Crippen LogP contribution in [0.5, 0.6) is 0 Å². The molecule has 16 heavy (non-hydrogen) atoms. The second-order valence-electron chi connectivity index (χ2n) is 3.59. The van der Waals surface area contributed by atoms with E-state index in [1.807, 2.05) is 0 Å². The average molecular weight is 245 g/mol. The molecule has 0 bridgehead atoms. The van der Waals surface area contributed by atoms with Crippen LogP contribution >= 0.6 is 0 Å². The molecule has 1 saturated heterocycles. The zero-order valence-corrected chi connectivity index (χ0v) is 9.41. The van der Waals surface area contributed by atoms with E-state index in [9.17, 15) is 13.2 Å². The van der Waals surface area contributed by atoms with Crippen LogP contribution in [0, 0.1) is 6.92 Å². The maximum absolute atomic E-state index is 12.0. The molecule has 0 radical (unpaired) electrons. The van der Waals surface area contributed by atoms with Crippen LogP contribution in [0.25, 0.3) is 0 Å². The molecule has 1 aromatic heterocycles. The molecule has 1 aliphatic rings. The number of aryl methyl sites for hydroxylation is 1. The summed E-state index contributed by atoms with van der Waals surface area (Å²) in [5.41, 5.74) is -0.186. The van der Waals surface area contributed by atoms with Crippen molar-refractivity contribution in [1.82, 2.24) is 14.5 Å². The summed E-state index contributed by atoms with van der Waals surface area (Å²) >= 11 is 0. The van der Waals surface area contributed by atoms with E-state index in [2.05, 4.69) is 10.2 Å². The van der Waals surface area contributed by atoms with E-state index in [0.717, 1.165) is 6.42 Å². The maximum Gasteiger partial charge on any atom is 0.357 e. The normalized spacial score (nSPS) is 17.1. The van der Waals surface area contributed by atoms with Crippen molar-refractivity contribution < 1.29 is 18.3 Å². The van der Waals surface area contributed by atoms with Crippen molar-refractivity contribution in [3.05, 3.63) is 11.4 Å². The van der Waals surface area contributed by atoms with Crippen molar-refractivity contribution in [3.63, 3.8) is 0 Å². The summed E-state index contributed by atoms with van der Waals surface area (Å²) in [7, 11) is -3.71. The van der Waals surface area contributed by atoms with E-state index in [0.29, 0.717) is 13.1 Å². The Kier molecular flexibility index (Phi) is 2.47. The Morgan fingerprint density at radius 1 is 1.50 bits per heavy atom. The highest BCUT2D eigenvalue weighted by Gasteiger charge is 2.35. The highest BCUT2D eigenvalue weighted by atomic mass is 32.2. The van der Waals surface area contributed by atoms with Crippen molar-refractivity contribution in [1.29, 1.82) is 0 Å². The molecule has 8 heteroatoms. The zero-order chi connectivity index (χ0) is 11.9. The fourth-order valence-electron chi connectivity index (χ4n) is 1.54. The van der Waals surface area contributed by atoms with Crippen molar-refractivity contribution in [3.8, 4) is 0 Å². The van der Waals surface area contributed by atoms with Gasteiger partial charge in [-0.2, -0.15) is 9.40 Å². The first-order chi connectivity index (χ1) is 7.44. The molecule has 88 valence electrons. The van der Waals surface area contributed by atoms with Gasteiger partial charge in [-0.3, -0.25) is 5.10 Å². The molecule has 0 atom stereocenters. The van der Waals surface area contributed by atoms with Gasteiger partial charge in [0.25, 0.3) is 0 Å². The Balaban J connectivity index is 2.54. The molecule has 1 aliphatic heterocycles.